The van der Waals surface area contributed by atoms with Gasteiger partial charge in [-0.3, -0.25) is 24.3 Å². The van der Waals surface area contributed by atoms with E-state index in [1.54, 1.807) is 19.9 Å². The van der Waals surface area contributed by atoms with E-state index in [-0.39, 0.29) is 54.9 Å². The normalized spacial score (nSPS) is 15.6. The molecule has 0 saturated carbocycles. The third-order valence-electron chi connectivity index (χ3n) is 8.62. The highest BCUT2D eigenvalue weighted by Crippen LogP contribution is 2.24. The van der Waals surface area contributed by atoms with Crippen molar-refractivity contribution in [2.24, 2.45) is 17.0 Å². The Morgan fingerprint density at radius 1 is 1.00 bits per heavy atom. The minimum absolute atomic E-state index is 0.0231. The van der Waals surface area contributed by atoms with Crippen molar-refractivity contribution in [3.8, 4) is 0 Å². The molecule has 3 aromatic rings. The number of ketones is 1. The van der Waals surface area contributed by atoms with Gasteiger partial charge in [-0.25, -0.2) is 13.2 Å². The van der Waals surface area contributed by atoms with Crippen molar-refractivity contribution in [2.75, 3.05) is 19.6 Å². The summed E-state index contributed by atoms with van der Waals surface area (Å²) in [6.07, 6.45) is 1.35. The SMILES string of the molecule is CC(=O)c1cc(CN2C(=O)CN([C@H](C(=O)N[C@@H](Cc3ccccc3)[C@H](O)CN(CC(C)C)S(=O)(=O)c3ccc(/C=N/O)cc3)C(C)C)C2=O)ccn1. The number of aliphatic hydroxyl groups is 1. The van der Waals surface area contributed by atoms with E-state index in [2.05, 4.69) is 15.5 Å². The summed E-state index contributed by atoms with van der Waals surface area (Å²) in [4.78, 5) is 59.0. The summed E-state index contributed by atoms with van der Waals surface area (Å²) in [6, 6.07) is 15.2. The van der Waals surface area contributed by atoms with E-state index >= 15 is 0 Å². The summed E-state index contributed by atoms with van der Waals surface area (Å²) >= 11 is 0. The first-order valence-electron chi connectivity index (χ1n) is 17.0. The van der Waals surface area contributed by atoms with Gasteiger partial charge in [0, 0.05) is 26.2 Å². The zero-order valence-corrected chi connectivity index (χ0v) is 30.7. The smallest absolute Gasteiger partial charge is 0.328 e. The fourth-order valence-corrected chi connectivity index (χ4v) is 7.68. The van der Waals surface area contributed by atoms with Crippen molar-refractivity contribution in [3.05, 3.63) is 95.3 Å². The van der Waals surface area contributed by atoms with E-state index < -0.39 is 52.0 Å². The van der Waals surface area contributed by atoms with Crippen LogP contribution < -0.4 is 5.32 Å². The first kappa shape index (κ1) is 39.8. The number of nitrogens with one attached hydrogen (secondary N) is 1. The van der Waals surface area contributed by atoms with Crippen LogP contribution in [0.25, 0.3) is 0 Å². The minimum atomic E-state index is -4.12. The Morgan fingerprint density at radius 2 is 1.67 bits per heavy atom. The largest absolute Gasteiger partial charge is 0.411 e. The molecule has 278 valence electrons. The summed E-state index contributed by atoms with van der Waals surface area (Å²) < 4.78 is 28.9. The van der Waals surface area contributed by atoms with Crippen molar-refractivity contribution in [1.29, 1.82) is 0 Å². The number of Topliss-reactive ketones (excluding diaryl/α,β-unsaturated/α-hetero) is 1. The molecule has 4 amide bonds. The van der Waals surface area contributed by atoms with E-state index in [0.717, 1.165) is 10.5 Å². The molecule has 14 nitrogen and oxygen atoms in total. The Bertz CT molecular complexity index is 1870. The number of carbonyl (C=O) groups excluding carboxylic acids is 4. The van der Waals surface area contributed by atoms with Gasteiger partial charge >= 0.3 is 6.03 Å². The number of imide groups is 1. The Labute approximate surface area is 304 Å². The van der Waals surface area contributed by atoms with Crippen molar-refractivity contribution < 1.29 is 37.9 Å². The van der Waals surface area contributed by atoms with Gasteiger partial charge in [0.25, 0.3) is 5.91 Å². The van der Waals surface area contributed by atoms with Crippen LogP contribution >= 0.6 is 0 Å². The average molecular weight is 735 g/mol. The number of sulfonamides is 1. The number of benzene rings is 2. The second kappa shape index (κ2) is 17.5. The lowest BCUT2D eigenvalue weighted by Crippen LogP contribution is -2.57. The lowest BCUT2D eigenvalue weighted by Gasteiger charge is -2.34. The number of hydrogen-bond acceptors (Lipinski definition) is 10. The van der Waals surface area contributed by atoms with Gasteiger partial charge in [0.1, 0.15) is 18.3 Å². The van der Waals surface area contributed by atoms with E-state index in [1.165, 1.54) is 58.9 Å². The van der Waals surface area contributed by atoms with E-state index in [4.69, 9.17) is 5.21 Å². The summed E-state index contributed by atoms with van der Waals surface area (Å²) in [7, 11) is -4.12. The standard InChI is InChI=1S/C37H46N6O8S/c1-24(2)20-41(52(50,51)30-13-11-28(12-14-30)19-39-49)22-33(45)32(17-27-9-7-6-8-10-27)40-36(47)35(25(3)4)43-23-34(46)42(37(43)48)21-29-15-16-38-31(18-29)26(5)44/h6-16,18-19,24-25,32-33,35,45,49H,17,20-23H2,1-5H3,(H,40,47)/b39-19+/t32-,33+,35-/m0/s1. The van der Waals surface area contributed by atoms with Crippen LogP contribution in [0.2, 0.25) is 0 Å². The van der Waals surface area contributed by atoms with Gasteiger partial charge in [-0.15, -0.1) is 0 Å². The molecule has 0 spiro atoms. The molecule has 1 saturated heterocycles. The predicted octanol–water partition coefficient (Wildman–Crippen LogP) is 3.32. The van der Waals surface area contributed by atoms with Crippen molar-refractivity contribution in [1.82, 2.24) is 24.4 Å². The van der Waals surface area contributed by atoms with Gasteiger partial charge < -0.3 is 20.5 Å². The molecule has 3 atom stereocenters. The summed E-state index contributed by atoms with van der Waals surface area (Å²) in [6.45, 7) is 7.80. The first-order chi connectivity index (χ1) is 24.6. The van der Waals surface area contributed by atoms with Gasteiger partial charge in [-0.1, -0.05) is 75.3 Å². The number of urea groups is 1. The second-order valence-electron chi connectivity index (χ2n) is 13.6. The van der Waals surface area contributed by atoms with Crippen molar-refractivity contribution >= 4 is 39.9 Å². The maximum Gasteiger partial charge on any atom is 0.328 e. The number of amides is 4. The van der Waals surface area contributed by atoms with Crippen LogP contribution in [0.4, 0.5) is 4.79 Å². The van der Waals surface area contributed by atoms with Crippen molar-refractivity contribution in [2.45, 2.75) is 70.7 Å². The number of rotatable bonds is 17. The summed E-state index contributed by atoms with van der Waals surface area (Å²) in [5.41, 5.74) is 1.98. The molecule has 1 fully saturated rings. The van der Waals surface area contributed by atoms with Gasteiger partial charge in [-0.05, 0) is 59.2 Å². The van der Waals surface area contributed by atoms with Crippen LogP contribution in [0, 0.1) is 11.8 Å². The third-order valence-corrected chi connectivity index (χ3v) is 10.5. The zero-order valence-electron chi connectivity index (χ0n) is 29.9. The topological polar surface area (TPSA) is 190 Å². The zero-order chi connectivity index (χ0) is 38.2. The number of hydrogen-bond donors (Lipinski definition) is 3. The van der Waals surface area contributed by atoms with Crippen LogP contribution in [-0.2, 0) is 32.6 Å². The van der Waals surface area contributed by atoms with Gasteiger partial charge in [0.15, 0.2) is 5.78 Å². The lowest BCUT2D eigenvalue weighted by atomic mass is 9.97. The number of carbonyl (C=O) groups is 4. The molecule has 0 radical (unpaired) electrons. The Balaban J connectivity index is 1.59. The van der Waals surface area contributed by atoms with Crippen LogP contribution in [0.15, 0.2) is 83.0 Å². The van der Waals surface area contributed by atoms with Gasteiger partial charge in [0.2, 0.25) is 15.9 Å². The molecule has 52 heavy (non-hydrogen) atoms. The van der Waals surface area contributed by atoms with Crippen LogP contribution in [-0.4, -0.2) is 105 Å². The molecule has 0 unspecified atom stereocenters. The molecule has 0 bridgehead atoms. The molecule has 2 aromatic carbocycles. The summed E-state index contributed by atoms with van der Waals surface area (Å²) in [5, 5.41) is 26.4. The maximum absolute atomic E-state index is 14.1. The van der Waals surface area contributed by atoms with E-state index in [9.17, 15) is 32.7 Å². The molecule has 1 aromatic heterocycles. The number of pyridine rings is 1. The van der Waals surface area contributed by atoms with Crippen LogP contribution in [0.1, 0.15) is 61.8 Å². The Morgan fingerprint density at radius 3 is 2.27 bits per heavy atom. The third kappa shape index (κ3) is 9.86. The molecule has 0 aliphatic carbocycles. The highest BCUT2D eigenvalue weighted by Gasteiger charge is 2.44. The number of aromatic nitrogens is 1. The fourth-order valence-electron chi connectivity index (χ4n) is 6.06. The summed E-state index contributed by atoms with van der Waals surface area (Å²) in [5.74, 6) is -1.96. The lowest BCUT2D eigenvalue weighted by molar-refractivity contribution is -0.129. The molecular weight excluding hydrogens is 689 g/mol. The predicted molar refractivity (Wildman–Crippen MR) is 193 cm³/mol. The fraction of sp³-hybridized carbons (Fsp3) is 0.405. The first-order valence-corrected chi connectivity index (χ1v) is 18.4. The molecule has 1 aliphatic heterocycles. The van der Waals surface area contributed by atoms with Crippen LogP contribution in [0.5, 0.6) is 0 Å². The monoisotopic (exact) mass is 734 g/mol. The highest BCUT2D eigenvalue weighted by molar-refractivity contribution is 7.89. The Kier molecular flexibility index (Phi) is 13.4. The van der Waals surface area contributed by atoms with Gasteiger partial charge in [0.05, 0.1) is 29.8 Å². The number of nitrogens with zero attached hydrogens (tertiary/aromatic N) is 5. The highest BCUT2D eigenvalue weighted by atomic mass is 32.2. The quantitative estimate of drug-likeness (QED) is 0.0614. The minimum Gasteiger partial charge on any atom is -0.411 e. The Hall–Kier alpha value is -4.99. The molecular formula is C37H46N6O8S. The average Bonchev–Trinajstić information content (AvgIpc) is 3.36. The van der Waals surface area contributed by atoms with E-state index in [1.807, 2.05) is 44.2 Å². The van der Waals surface area contributed by atoms with E-state index in [0.29, 0.717) is 11.1 Å². The molecule has 2 heterocycles. The molecule has 15 heteroatoms. The molecule has 3 N–H and O–H groups in total. The number of aliphatic hydroxyl groups excluding tert-OH is 1. The second-order valence-corrected chi connectivity index (χ2v) is 15.5. The molecule has 1 aliphatic rings. The number of oxime groups is 1. The van der Waals surface area contributed by atoms with Crippen LogP contribution in [0.3, 0.4) is 0 Å². The van der Waals surface area contributed by atoms with Crippen molar-refractivity contribution in [3.63, 3.8) is 0 Å². The maximum atomic E-state index is 14.1. The molecule has 4 rings (SSSR count). The van der Waals surface area contributed by atoms with Gasteiger partial charge in [-0.2, -0.15) is 4.31 Å².